The summed E-state index contributed by atoms with van der Waals surface area (Å²) >= 11 is 5.92. The molecule has 4 rings (SSSR count). The van der Waals surface area contributed by atoms with Crippen LogP contribution in [0.3, 0.4) is 0 Å². The summed E-state index contributed by atoms with van der Waals surface area (Å²) in [5, 5.41) is 14.3. The van der Waals surface area contributed by atoms with Gasteiger partial charge in [-0.05, 0) is 47.4 Å². The van der Waals surface area contributed by atoms with Crippen molar-refractivity contribution in [3.63, 3.8) is 0 Å². The fourth-order valence-corrected chi connectivity index (χ4v) is 4.04. The number of nitrogens with one attached hydrogen (secondary N) is 5. The van der Waals surface area contributed by atoms with Crippen molar-refractivity contribution in [1.82, 2.24) is 25.6 Å². The number of halogens is 4. The highest BCUT2D eigenvalue weighted by molar-refractivity contribution is 6.39. The SMILES string of the molecule is CC(C)(CNC(=O)C(=O)Nc1ccccc1)CNC(=O)c1ccc(Nc2cc(NCc3ccc(Cl)cc3)nc(OCC(F)(F)F)n2)nc1. The van der Waals surface area contributed by atoms with Gasteiger partial charge >= 0.3 is 24.0 Å². The van der Waals surface area contributed by atoms with Crippen LogP contribution in [0.15, 0.2) is 79.0 Å². The van der Waals surface area contributed by atoms with Gasteiger partial charge in [-0.2, -0.15) is 23.1 Å². The molecule has 252 valence electrons. The van der Waals surface area contributed by atoms with Gasteiger partial charge in [0, 0.05) is 42.6 Å². The number of anilines is 4. The predicted octanol–water partition coefficient (Wildman–Crippen LogP) is 5.33. The molecule has 4 aromatic rings. The number of alkyl halides is 3. The quantitative estimate of drug-likeness (QED) is 0.117. The van der Waals surface area contributed by atoms with Gasteiger partial charge in [0.05, 0.1) is 5.56 Å². The Labute approximate surface area is 278 Å². The summed E-state index contributed by atoms with van der Waals surface area (Å²) < 4.78 is 43.1. The molecule has 0 unspecified atom stereocenters. The highest BCUT2D eigenvalue weighted by Gasteiger charge is 2.29. The van der Waals surface area contributed by atoms with E-state index >= 15 is 0 Å². The van der Waals surface area contributed by atoms with Gasteiger partial charge in [0.25, 0.3) is 5.91 Å². The van der Waals surface area contributed by atoms with Crippen LogP contribution in [0, 0.1) is 5.41 Å². The molecule has 0 saturated carbocycles. The van der Waals surface area contributed by atoms with Crippen molar-refractivity contribution in [3.8, 4) is 6.01 Å². The molecule has 0 atom stereocenters. The largest absolute Gasteiger partial charge is 0.454 e. The fourth-order valence-electron chi connectivity index (χ4n) is 3.91. The van der Waals surface area contributed by atoms with Crippen LogP contribution in [-0.2, 0) is 16.1 Å². The Morgan fingerprint density at radius 1 is 0.833 bits per heavy atom. The van der Waals surface area contributed by atoms with Crippen molar-refractivity contribution < 1.29 is 32.3 Å². The maximum absolute atomic E-state index is 12.8. The van der Waals surface area contributed by atoms with E-state index in [4.69, 9.17) is 16.3 Å². The molecule has 0 aliphatic carbocycles. The number of hydrogen-bond acceptors (Lipinski definition) is 9. The normalized spacial score (nSPS) is 11.3. The average molecular weight is 685 g/mol. The Bertz CT molecular complexity index is 1710. The second-order valence-corrected chi connectivity index (χ2v) is 11.6. The molecular formula is C32H32ClF3N8O4. The number of amides is 3. The van der Waals surface area contributed by atoms with Gasteiger partial charge in [0.15, 0.2) is 6.61 Å². The van der Waals surface area contributed by atoms with Crippen molar-refractivity contribution >= 4 is 52.5 Å². The van der Waals surface area contributed by atoms with Gasteiger partial charge in [0.2, 0.25) is 0 Å². The lowest BCUT2D eigenvalue weighted by Crippen LogP contribution is -2.44. The summed E-state index contributed by atoms with van der Waals surface area (Å²) in [6.45, 7) is 2.60. The molecule has 0 saturated heterocycles. The van der Waals surface area contributed by atoms with Gasteiger partial charge in [-0.3, -0.25) is 14.4 Å². The number of carbonyl (C=O) groups is 3. The second-order valence-electron chi connectivity index (χ2n) is 11.2. The third-order valence-corrected chi connectivity index (χ3v) is 6.68. The molecule has 2 aromatic heterocycles. The van der Waals surface area contributed by atoms with Gasteiger partial charge in [-0.1, -0.05) is 55.8 Å². The second kappa shape index (κ2) is 15.9. The molecule has 0 fully saturated rings. The minimum atomic E-state index is -4.59. The number of nitrogens with zero attached hydrogens (tertiary/aromatic N) is 3. The zero-order valence-electron chi connectivity index (χ0n) is 25.8. The molecule has 16 heteroatoms. The molecule has 5 N–H and O–H groups in total. The maximum atomic E-state index is 12.8. The molecule has 0 radical (unpaired) electrons. The van der Waals surface area contributed by atoms with Crippen molar-refractivity contribution in [2.45, 2.75) is 26.6 Å². The zero-order valence-corrected chi connectivity index (χ0v) is 26.6. The first-order valence-corrected chi connectivity index (χ1v) is 14.8. The van der Waals surface area contributed by atoms with E-state index in [-0.39, 0.29) is 36.1 Å². The Hall–Kier alpha value is -5.44. The maximum Gasteiger partial charge on any atom is 0.422 e. The van der Waals surface area contributed by atoms with Crippen molar-refractivity contribution in [3.05, 3.63) is 95.1 Å². The van der Waals surface area contributed by atoms with Crippen molar-refractivity contribution in [2.75, 3.05) is 35.6 Å². The number of pyridine rings is 1. The molecule has 3 amide bonds. The number of benzene rings is 2. The lowest BCUT2D eigenvalue weighted by molar-refractivity contribution is -0.154. The molecule has 0 aliphatic heterocycles. The van der Waals surface area contributed by atoms with E-state index in [1.165, 1.54) is 24.4 Å². The smallest absolute Gasteiger partial charge is 0.422 e. The van der Waals surface area contributed by atoms with E-state index < -0.39 is 41.9 Å². The predicted molar refractivity (Wildman–Crippen MR) is 174 cm³/mol. The van der Waals surface area contributed by atoms with Crippen LogP contribution < -0.4 is 31.3 Å². The number of aromatic nitrogens is 3. The molecule has 12 nitrogen and oxygen atoms in total. The minimum absolute atomic E-state index is 0.0896. The van der Waals surface area contributed by atoms with Crippen LogP contribution in [0.25, 0.3) is 0 Å². The lowest BCUT2D eigenvalue weighted by atomic mass is 9.93. The van der Waals surface area contributed by atoms with Crippen LogP contribution in [0.1, 0.15) is 29.8 Å². The third-order valence-electron chi connectivity index (χ3n) is 6.43. The van der Waals surface area contributed by atoms with Gasteiger partial charge in [-0.15, -0.1) is 0 Å². The van der Waals surface area contributed by atoms with E-state index in [1.807, 2.05) is 0 Å². The Balaban J connectivity index is 1.32. The van der Waals surface area contributed by atoms with Crippen molar-refractivity contribution in [2.24, 2.45) is 5.41 Å². The van der Waals surface area contributed by atoms with E-state index in [1.54, 1.807) is 68.4 Å². The first kappa shape index (κ1) is 35.4. The van der Waals surface area contributed by atoms with Crippen LogP contribution >= 0.6 is 11.6 Å². The molecule has 2 aromatic carbocycles. The number of rotatable bonds is 13. The highest BCUT2D eigenvalue weighted by atomic mass is 35.5. The first-order valence-electron chi connectivity index (χ1n) is 14.5. The lowest BCUT2D eigenvalue weighted by Gasteiger charge is -2.25. The Kier molecular flexibility index (Phi) is 11.7. The van der Waals surface area contributed by atoms with E-state index in [0.29, 0.717) is 17.3 Å². The van der Waals surface area contributed by atoms with Crippen LogP contribution in [0.4, 0.5) is 36.3 Å². The highest BCUT2D eigenvalue weighted by Crippen LogP contribution is 2.23. The van der Waals surface area contributed by atoms with Gasteiger partial charge in [-0.25, -0.2) is 4.98 Å². The molecular weight excluding hydrogens is 653 g/mol. The molecule has 2 heterocycles. The summed E-state index contributed by atoms with van der Waals surface area (Å²) in [5.41, 5.74) is 0.957. The summed E-state index contributed by atoms with van der Waals surface area (Å²) in [6, 6.07) is 19.5. The average Bonchev–Trinajstić information content (AvgIpc) is 3.05. The minimum Gasteiger partial charge on any atom is -0.454 e. The summed E-state index contributed by atoms with van der Waals surface area (Å²) in [7, 11) is 0. The summed E-state index contributed by atoms with van der Waals surface area (Å²) in [5.74, 6) is -1.53. The number of ether oxygens (including phenoxy) is 1. The standard InChI is InChI=1S/C32H32ClF3N8O4/c1-31(2,18-40-28(46)29(47)41-23-6-4-3-5-7-23)17-39-27(45)21-10-13-24(38-16-21)42-26-14-25(37-15-20-8-11-22(33)12-9-20)43-30(44-26)48-19-32(34,35)36/h3-14,16H,15,17-19H2,1-2H3,(H,39,45)(H,40,46)(H,41,47)(H2,37,38,42,43,44). The topological polar surface area (TPSA) is 159 Å². The molecule has 48 heavy (non-hydrogen) atoms. The fraction of sp³-hybridized carbons (Fsp3) is 0.250. The van der Waals surface area contributed by atoms with Crippen LogP contribution in [0.5, 0.6) is 6.01 Å². The number of carbonyl (C=O) groups excluding carboxylic acids is 3. The zero-order chi connectivity index (χ0) is 34.7. The number of para-hydroxylation sites is 1. The first-order chi connectivity index (χ1) is 22.7. The Morgan fingerprint density at radius 2 is 1.52 bits per heavy atom. The van der Waals surface area contributed by atoms with Crippen molar-refractivity contribution in [1.29, 1.82) is 0 Å². The van der Waals surface area contributed by atoms with E-state index in [9.17, 15) is 27.6 Å². The third kappa shape index (κ3) is 11.7. The number of hydrogen-bond donors (Lipinski definition) is 5. The molecule has 0 spiro atoms. The van der Waals surface area contributed by atoms with E-state index in [2.05, 4.69) is 41.5 Å². The van der Waals surface area contributed by atoms with Crippen LogP contribution in [-0.4, -0.2) is 58.5 Å². The Morgan fingerprint density at radius 3 is 2.19 bits per heavy atom. The monoisotopic (exact) mass is 684 g/mol. The summed E-state index contributed by atoms with van der Waals surface area (Å²) in [6.07, 6.45) is -3.29. The molecule has 0 bridgehead atoms. The van der Waals surface area contributed by atoms with Gasteiger partial charge < -0.3 is 31.3 Å². The molecule has 0 aliphatic rings. The summed E-state index contributed by atoms with van der Waals surface area (Å²) in [4.78, 5) is 49.4. The van der Waals surface area contributed by atoms with Gasteiger partial charge in [0.1, 0.15) is 17.5 Å². The van der Waals surface area contributed by atoms with Crippen LogP contribution in [0.2, 0.25) is 5.02 Å². The van der Waals surface area contributed by atoms with E-state index in [0.717, 1.165) is 5.56 Å².